The molecule has 2 aromatic carbocycles. The van der Waals surface area contributed by atoms with Gasteiger partial charge in [-0.25, -0.2) is 0 Å². The quantitative estimate of drug-likeness (QED) is 0.173. The first-order valence-corrected chi connectivity index (χ1v) is 34.5. The molecule has 3 aromatic rings. The van der Waals surface area contributed by atoms with Crippen molar-refractivity contribution in [1.82, 2.24) is 0 Å². The van der Waals surface area contributed by atoms with E-state index in [4.69, 9.17) is 65.1 Å². The molecule has 12 heteroatoms. The molecule has 0 N–H and O–H groups in total. The number of allylic oxidation sites excluding steroid dienone is 2. The van der Waals surface area contributed by atoms with Crippen molar-refractivity contribution >= 4 is 112 Å². The Bertz CT molecular complexity index is 1440. The number of hydrogen-bond acceptors (Lipinski definition) is 2. The summed E-state index contributed by atoms with van der Waals surface area (Å²) < 4.78 is 1.45. The van der Waals surface area contributed by atoms with Crippen molar-refractivity contribution in [2.24, 2.45) is 17.8 Å². The first-order chi connectivity index (χ1) is 19.7. The minimum absolute atomic E-state index is 0. The SMILES string of the molecule is CC1=C(C)C(C)([Si](C)(C)C)c2sc3ccccc3c21.CC1C(C)C2Sc3ccccc3C2C1C.[CH3-].[Cl][Ti+]([Cl])[Cl].[Cl][Ti]([Cl])([Cl])[Cl]. The number of rotatable bonds is 1. The first-order valence-electron chi connectivity index (χ1n) is 14.3. The summed E-state index contributed by atoms with van der Waals surface area (Å²) in [6.45, 7) is 22.0. The molecule has 1 aromatic heterocycles. The molecule has 6 rings (SSSR count). The van der Waals surface area contributed by atoms with Crippen LogP contribution in [0, 0.1) is 25.2 Å². The molecule has 0 radical (unpaired) electrons. The van der Waals surface area contributed by atoms with E-state index in [1.54, 1.807) is 21.6 Å². The van der Waals surface area contributed by atoms with Gasteiger partial charge in [0.05, 0.1) is 8.07 Å². The number of fused-ring (bicyclic) bond motifs is 6. The molecule has 44 heavy (non-hydrogen) atoms. The van der Waals surface area contributed by atoms with Gasteiger partial charge in [0.1, 0.15) is 0 Å². The van der Waals surface area contributed by atoms with Crippen LogP contribution in [0.3, 0.4) is 0 Å². The average Bonchev–Trinajstić information content (AvgIpc) is 3.57. The molecule has 3 aliphatic rings. The van der Waals surface area contributed by atoms with Crippen LogP contribution in [0.4, 0.5) is 0 Å². The molecule has 0 amide bonds. The van der Waals surface area contributed by atoms with Crippen molar-refractivity contribution in [1.29, 1.82) is 0 Å². The normalized spacial score (nSPS) is 26.6. The van der Waals surface area contributed by atoms with E-state index < -0.39 is 35.1 Å². The summed E-state index contributed by atoms with van der Waals surface area (Å²) >= 11 is -0.885. The third-order valence-corrected chi connectivity index (χ3v) is 16.7. The number of benzene rings is 2. The third-order valence-electron chi connectivity index (χ3n) is 9.88. The van der Waals surface area contributed by atoms with Gasteiger partial charge >= 0.3 is 92.2 Å². The Hall–Kier alpha value is 2.17. The maximum absolute atomic E-state index is 5.01. The number of thioether (sulfide) groups is 1. The Kier molecular flexibility index (Phi) is 16.3. The topological polar surface area (TPSA) is 0 Å². The van der Waals surface area contributed by atoms with Gasteiger partial charge in [-0.1, -0.05) is 89.3 Å². The van der Waals surface area contributed by atoms with Gasteiger partial charge in [0, 0.05) is 36.1 Å². The Labute approximate surface area is 312 Å². The summed E-state index contributed by atoms with van der Waals surface area (Å²) in [7, 11) is 33.7. The van der Waals surface area contributed by atoms with E-state index in [0.717, 1.165) is 28.9 Å². The Morgan fingerprint density at radius 3 is 1.86 bits per heavy atom. The zero-order valence-corrected chi connectivity index (χ0v) is 38.0. The van der Waals surface area contributed by atoms with Crippen LogP contribution in [0.15, 0.2) is 59.0 Å². The number of thiophene rings is 1. The monoisotopic (exact) mass is 860 g/mol. The van der Waals surface area contributed by atoms with E-state index in [1.165, 1.54) is 20.6 Å². The Morgan fingerprint density at radius 2 is 1.32 bits per heavy atom. The van der Waals surface area contributed by atoms with Gasteiger partial charge in [0.2, 0.25) is 0 Å². The van der Waals surface area contributed by atoms with Crippen LogP contribution in [-0.4, -0.2) is 13.3 Å². The molecule has 6 unspecified atom stereocenters. The van der Waals surface area contributed by atoms with Gasteiger partial charge in [-0.15, -0.1) is 23.1 Å². The molecule has 0 saturated heterocycles. The predicted molar refractivity (Wildman–Crippen MR) is 204 cm³/mol. The van der Waals surface area contributed by atoms with Crippen molar-refractivity contribution in [3.63, 3.8) is 0 Å². The molecule has 1 fully saturated rings. The molecule has 1 saturated carbocycles. The number of halogens is 7. The summed E-state index contributed by atoms with van der Waals surface area (Å²) in [5.74, 6) is 3.40. The molecule has 1 aliphatic heterocycles. The second kappa shape index (κ2) is 16.9. The fourth-order valence-corrected chi connectivity index (χ4v) is 13.1. The fourth-order valence-electron chi connectivity index (χ4n) is 6.79. The zero-order valence-electron chi connectivity index (χ0n) is 27.0. The fraction of sp³-hybridized carbons (Fsp3) is 0.469. The van der Waals surface area contributed by atoms with Gasteiger partial charge in [-0.05, 0) is 60.4 Å². The summed E-state index contributed by atoms with van der Waals surface area (Å²) in [4.78, 5) is 3.17. The standard InChI is InChI=1S/C17H22SSi.C14H18S.CH3.7ClH.2Ti/c1-11-12(2)17(3,19(4,5)6)16-15(11)13-9-7-8-10-14(13)18-16;1-8-9(2)13-11-6-4-5-7-12(11)15-14(13)10(8)3;;;;;;;;;;/h7-10H,1-6H3;4-10,13-14H,1-3H3;1H3;7*1H;;/q;;-1;;;;;;;;2*+4/p-7. The van der Waals surface area contributed by atoms with Gasteiger partial charge in [0.25, 0.3) is 0 Å². The zero-order chi connectivity index (χ0) is 32.7. The summed E-state index contributed by atoms with van der Waals surface area (Å²) in [5.41, 5.74) is 6.30. The molecule has 244 valence electrons. The first kappa shape index (κ1) is 42.3. The molecular formula is C32H43Cl7S2SiTi2. The van der Waals surface area contributed by atoms with E-state index in [2.05, 4.69) is 121 Å². The Balaban J connectivity index is 0.000000241. The van der Waals surface area contributed by atoms with Crippen molar-refractivity contribution in [2.45, 2.75) is 82.3 Å². The third kappa shape index (κ3) is 9.48. The molecule has 0 nitrogen and oxygen atoms in total. The molecule has 0 bridgehead atoms. The van der Waals surface area contributed by atoms with Gasteiger partial charge < -0.3 is 7.43 Å². The van der Waals surface area contributed by atoms with Crippen LogP contribution in [-0.2, 0) is 32.1 Å². The predicted octanol–water partition coefficient (Wildman–Crippen LogP) is 15.3. The van der Waals surface area contributed by atoms with Crippen molar-refractivity contribution in [3.05, 3.63) is 77.5 Å². The molecule has 6 atom stereocenters. The van der Waals surface area contributed by atoms with E-state index in [1.807, 2.05) is 11.3 Å². The van der Waals surface area contributed by atoms with Crippen molar-refractivity contribution < 1.29 is 27.0 Å². The second-order valence-corrected chi connectivity index (χ2v) is 43.8. The number of hydrogen-bond donors (Lipinski definition) is 0. The summed E-state index contributed by atoms with van der Waals surface area (Å²) in [5, 5.41) is 2.60. The van der Waals surface area contributed by atoms with Crippen LogP contribution >= 0.6 is 88.2 Å². The second-order valence-electron chi connectivity index (χ2n) is 12.8. The van der Waals surface area contributed by atoms with E-state index in [-0.39, 0.29) is 7.43 Å². The minimum atomic E-state index is -3.11. The van der Waals surface area contributed by atoms with Crippen LogP contribution < -0.4 is 0 Å². The maximum atomic E-state index is 5.01. The molecular weight excluding hydrogens is 820 g/mol. The molecule has 0 spiro atoms. The molecule has 2 aliphatic carbocycles. The van der Waals surface area contributed by atoms with Crippen LogP contribution in [0.25, 0.3) is 15.7 Å². The summed E-state index contributed by atoms with van der Waals surface area (Å²) in [6, 6.07) is 17.9. The van der Waals surface area contributed by atoms with Gasteiger partial charge in [-0.2, -0.15) is 0 Å². The van der Waals surface area contributed by atoms with Crippen LogP contribution in [0.5, 0.6) is 0 Å². The molecule has 2 heterocycles. The van der Waals surface area contributed by atoms with Crippen LogP contribution in [0.2, 0.25) is 19.6 Å². The van der Waals surface area contributed by atoms with Gasteiger partial charge in [-0.3, -0.25) is 0 Å². The van der Waals surface area contributed by atoms with E-state index in [0.29, 0.717) is 5.04 Å². The Morgan fingerprint density at radius 1 is 0.818 bits per heavy atom. The van der Waals surface area contributed by atoms with E-state index >= 15 is 0 Å². The van der Waals surface area contributed by atoms with Crippen molar-refractivity contribution in [2.75, 3.05) is 0 Å². The average molecular weight is 864 g/mol. The van der Waals surface area contributed by atoms with E-state index in [9.17, 15) is 0 Å². The van der Waals surface area contributed by atoms with Crippen molar-refractivity contribution in [3.8, 4) is 0 Å². The van der Waals surface area contributed by atoms with Crippen LogP contribution in [0.1, 0.15) is 63.5 Å². The van der Waals surface area contributed by atoms with Gasteiger partial charge in [0.15, 0.2) is 0 Å². The summed E-state index contributed by atoms with van der Waals surface area (Å²) in [6.07, 6.45) is 0.